The van der Waals surface area contributed by atoms with Crippen molar-refractivity contribution in [3.63, 3.8) is 0 Å². The fourth-order valence-corrected chi connectivity index (χ4v) is 3.40. The van der Waals surface area contributed by atoms with E-state index in [-0.39, 0.29) is 18.0 Å². The molecule has 0 unspecified atom stereocenters. The Hall–Kier alpha value is -3.46. The van der Waals surface area contributed by atoms with Crippen LogP contribution in [0.5, 0.6) is 0 Å². The van der Waals surface area contributed by atoms with Gasteiger partial charge in [-0.1, -0.05) is 11.6 Å². The lowest BCUT2D eigenvalue weighted by Crippen LogP contribution is -2.19. The normalized spacial score (nSPS) is 17.6. The summed E-state index contributed by atoms with van der Waals surface area (Å²) in [5.74, 6) is -0.158. The number of halogens is 2. The zero-order valence-corrected chi connectivity index (χ0v) is 16.3. The van der Waals surface area contributed by atoms with Gasteiger partial charge in [-0.05, 0) is 37.1 Å². The van der Waals surface area contributed by atoms with E-state index in [4.69, 9.17) is 11.6 Å². The Kier molecular flexibility index (Phi) is 4.39. The highest BCUT2D eigenvalue weighted by atomic mass is 35.5. The lowest BCUT2D eigenvalue weighted by molar-refractivity contribution is -0.124. The van der Waals surface area contributed by atoms with Crippen molar-refractivity contribution in [3.05, 3.63) is 52.4 Å². The number of benzene rings is 1. The summed E-state index contributed by atoms with van der Waals surface area (Å²) in [6.45, 7) is 0. The minimum Gasteiger partial charge on any atom is -0.367 e. The average molecular weight is 427 g/mol. The van der Waals surface area contributed by atoms with Crippen LogP contribution >= 0.6 is 11.6 Å². The maximum Gasteiger partial charge on any atom is 0.254 e. The van der Waals surface area contributed by atoms with E-state index in [2.05, 4.69) is 26.0 Å². The van der Waals surface area contributed by atoms with Gasteiger partial charge in [0.05, 0.1) is 18.3 Å². The van der Waals surface area contributed by atoms with Gasteiger partial charge in [-0.15, -0.1) is 0 Å². The first-order valence-corrected chi connectivity index (χ1v) is 9.76. The highest BCUT2D eigenvalue weighted by Gasteiger charge is 2.25. The zero-order valence-electron chi connectivity index (χ0n) is 15.6. The molecule has 2 amide bonds. The van der Waals surface area contributed by atoms with Crippen LogP contribution in [0.4, 0.5) is 21.7 Å². The van der Waals surface area contributed by atoms with Gasteiger partial charge >= 0.3 is 0 Å². The molecule has 0 bridgehead atoms. The first kappa shape index (κ1) is 18.6. The molecule has 10 heteroatoms. The summed E-state index contributed by atoms with van der Waals surface area (Å²) < 4.78 is 15.8. The topological polar surface area (TPSA) is 100 Å². The second-order valence-electron chi connectivity index (χ2n) is 7.25. The number of carbonyl (C=O) groups is 2. The Morgan fingerprint density at radius 1 is 1.27 bits per heavy atom. The Balaban J connectivity index is 1.59. The van der Waals surface area contributed by atoms with E-state index in [0.29, 0.717) is 39.5 Å². The van der Waals surface area contributed by atoms with E-state index in [0.717, 1.165) is 12.8 Å². The molecule has 1 aliphatic heterocycles. The molecule has 0 radical (unpaired) electrons. The highest BCUT2D eigenvalue weighted by Crippen LogP contribution is 2.30. The van der Waals surface area contributed by atoms with Gasteiger partial charge in [0.1, 0.15) is 17.5 Å². The summed E-state index contributed by atoms with van der Waals surface area (Å²) in [5.41, 5.74) is 1.57. The van der Waals surface area contributed by atoms with Crippen LogP contribution in [-0.2, 0) is 9.59 Å². The molecule has 1 aromatic carbocycles. The standard InChI is InChI=1S/C20H16ClFN6O2/c21-12-1-4-14(22)15(7-12)25-16-8-17(24-13-2-3-13)28-19(26-16)11(9-23-28)5-10-6-18(29)27-20(10)30/h1,4-5,7-9,13,24H,2-3,6H2,(H,25,26)(H,27,29,30). The third kappa shape index (κ3) is 3.59. The Morgan fingerprint density at radius 2 is 2.10 bits per heavy atom. The Labute approximate surface area is 175 Å². The highest BCUT2D eigenvalue weighted by molar-refractivity contribution is 6.30. The van der Waals surface area contributed by atoms with Crippen molar-refractivity contribution in [2.24, 2.45) is 0 Å². The molecule has 3 N–H and O–H groups in total. The molecule has 8 nitrogen and oxygen atoms in total. The van der Waals surface area contributed by atoms with Gasteiger partial charge in [-0.25, -0.2) is 9.37 Å². The molecule has 2 fully saturated rings. The predicted molar refractivity (Wildman–Crippen MR) is 110 cm³/mol. The monoisotopic (exact) mass is 426 g/mol. The van der Waals surface area contributed by atoms with Crippen molar-refractivity contribution in [1.29, 1.82) is 0 Å². The van der Waals surface area contributed by atoms with Gasteiger partial charge in [0.25, 0.3) is 5.91 Å². The van der Waals surface area contributed by atoms with Crippen LogP contribution in [-0.4, -0.2) is 32.5 Å². The zero-order chi connectivity index (χ0) is 20.8. The lowest BCUT2D eigenvalue weighted by atomic mass is 10.1. The Morgan fingerprint density at radius 3 is 2.83 bits per heavy atom. The molecule has 5 rings (SSSR count). The number of hydrogen-bond donors (Lipinski definition) is 3. The van der Waals surface area contributed by atoms with Crippen molar-refractivity contribution >= 4 is 52.5 Å². The van der Waals surface area contributed by atoms with Crippen LogP contribution in [0.15, 0.2) is 36.0 Å². The number of anilines is 3. The van der Waals surface area contributed by atoms with Crippen LogP contribution in [0.25, 0.3) is 11.7 Å². The average Bonchev–Trinajstić information content (AvgIpc) is 3.34. The molecule has 2 aromatic heterocycles. The van der Waals surface area contributed by atoms with Crippen LogP contribution in [0, 0.1) is 5.82 Å². The summed E-state index contributed by atoms with van der Waals surface area (Å²) >= 11 is 5.99. The van der Waals surface area contributed by atoms with E-state index in [1.807, 2.05) is 0 Å². The van der Waals surface area contributed by atoms with Gasteiger partial charge < -0.3 is 10.6 Å². The van der Waals surface area contributed by atoms with Crippen molar-refractivity contribution in [2.75, 3.05) is 10.6 Å². The predicted octanol–water partition coefficient (Wildman–Crippen LogP) is 3.27. The van der Waals surface area contributed by atoms with E-state index in [1.165, 1.54) is 18.2 Å². The van der Waals surface area contributed by atoms with Crippen molar-refractivity contribution < 1.29 is 14.0 Å². The van der Waals surface area contributed by atoms with Crippen LogP contribution in [0.2, 0.25) is 5.02 Å². The fraction of sp³-hybridized carbons (Fsp3) is 0.200. The molecule has 0 spiro atoms. The summed E-state index contributed by atoms with van der Waals surface area (Å²) in [6, 6.07) is 6.30. The van der Waals surface area contributed by atoms with Gasteiger partial charge in [0.2, 0.25) is 5.91 Å². The van der Waals surface area contributed by atoms with E-state index >= 15 is 0 Å². The molecule has 3 aromatic rings. The third-order valence-corrected chi connectivity index (χ3v) is 5.08. The number of nitrogens with one attached hydrogen (secondary N) is 3. The number of fused-ring (bicyclic) bond motifs is 1. The van der Waals surface area contributed by atoms with Crippen LogP contribution < -0.4 is 16.0 Å². The van der Waals surface area contributed by atoms with Crippen molar-refractivity contribution in [1.82, 2.24) is 19.9 Å². The van der Waals surface area contributed by atoms with E-state index in [1.54, 1.807) is 22.9 Å². The number of hydrogen-bond acceptors (Lipinski definition) is 6. The summed E-state index contributed by atoms with van der Waals surface area (Å²) in [5, 5.41) is 13.4. The number of imide groups is 1. The van der Waals surface area contributed by atoms with Gasteiger partial charge in [-0.3, -0.25) is 14.9 Å². The van der Waals surface area contributed by atoms with Crippen LogP contribution in [0.1, 0.15) is 24.8 Å². The van der Waals surface area contributed by atoms with Crippen LogP contribution in [0.3, 0.4) is 0 Å². The lowest BCUT2D eigenvalue weighted by Gasteiger charge is -2.12. The molecule has 3 heterocycles. The smallest absolute Gasteiger partial charge is 0.254 e. The molecule has 30 heavy (non-hydrogen) atoms. The number of aromatic nitrogens is 3. The second-order valence-corrected chi connectivity index (χ2v) is 7.69. The number of carbonyl (C=O) groups excluding carboxylic acids is 2. The van der Waals surface area contributed by atoms with Gasteiger partial charge in [0.15, 0.2) is 5.65 Å². The molecular formula is C20H16ClFN6O2. The van der Waals surface area contributed by atoms with Gasteiger partial charge in [0, 0.05) is 28.3 Å². The number of amides is 2. The maximum absolute atomic E-state index is 14.2. The first-order chi connectivity index (χ1) is 14.5. The molecule has 0 atom stereocenters. The Bertz CT molecular complexity index is 1230. The fourth-order valence-electron chi connectivity index (χ4n) is 3.23. The van der Waals surface area contributed by atoms with Crippen molar-refractivity contribution in [2.45, 2.75) is 25.3 Å². The summed E-state index contributed by atoms with van der Waals surface area (Å²) in [4.78, 5) is 28.0. The SMILES string of the molecule is O=C1CC(=Cc2cnn3c(NC4CC4)cc(Nc4cc(Cl)ccc4F)nc23)C(=O)N1. The van der Waals surface area contributed by atoms with E-state index < -0.39 is 11.7 Å². The number of rotatable bonds is 5. The molecule has 1 saturated heterocycles. The molecule has 1 saturated carbocycles. The maximum atomic E-state index is 14.2. The largest absolute Gasteiger partial charge is 0.367 e. The van der Waals surface area contributed by atoms with Gasteiger partial charge in [-0.2, -0.15) is 9.61 Å². The molecule has 2 aliphatic rings. The molecule has 1 aliphatic carbocycles. The molecule has 152 valence electrons. The second kappa shape index (κ2) is 7.10. The number of nitrogens with zero attached hydrogens (tertiary/aromatic N) is 3. The summed E-state index contributed by atoms with van der Waals surface area (Å²) in [6.07, 6.45) is 5.29. The molecular weight excluding hydrogens is 411 g/mol. The third-order valence-electron chi connectivity index (χ3n) is 4.84. The summed E-state index contributed by atoms with van der Waals surface area (Å²) in [7, 11) is 0. The first-order valence-electron chi connectivity index (χ1n) is 9.38. The minimum absolute atomic E-state index is 0.00895. The van der Waals surface area contributed by atoms with Crippen molar-refractivity contribution in [3.8, 4) is 0 Å². The van der Waals surface area contributed by atoms with E-state index in [9.17, 15) is 14.0 Å². The quantitative estimate of drug-likeness (QED) is 0.427. The minimum atomic E-state index is -0.463.